The van der Waals surface area contributed by atoms with E-state index in [9.17, 15) is 5.26 Å². The largest absolute Gasteiger partial charge is 0.208 e. The predicted molar refractivity (Wildman–Crippen MR) is 273 cm³/mol. The molecule has 4 nitrogen and oxygen atoms in total. The molecular weight excluding hydrogens is 801 g/mol. The summed E-state index contributed by atoms with van der Waals surface area (Å²) in [4.78, 5) is 15.5. The van der Waals surface area contributed by atoms with Gasteiger partial charge in [-0.05, 0) is 122 Å². The van der Waals surface area contributed by atoms with E-state index in [1.54, 1.807) is 0 Å². The Labute approximate surface area is 380 Å². The first-order chi connectivity index (χ1) is 32.7. The number of hydrogen-bond donors (Lipinski definition) is 0. The monoisotopic (exact) mass is 836 g/mol. The molecule has 0 saturated carbocycles. The molecule has 0 amide bonds. The van der Waals surface area contributed by atoms with Crippen LogP contribution in [0.4, 0.5) is 0 Å². The summed E-state index contributed by atoms with van der Waals surface area (Å²) in [6.45, 7) is 0. The number of hydrogen-bond acceptors (Lipinski definition) is 4. The van der Waals surface area contributed by atoms with Crippen molar-refractivity contribution in [1.29, 1.82) is 5.26 Å². The lowest BCUT2D eigenvalue weighted by atomic mass is 9.85. The van der Waals surface area contributed by atoms with E-state index in [0.717, 1.165) is 50.1 Å². The summed E-state index contributed by atoms with van der Waals surface area (Å²) in [5, 5.41) is 24.4. The van der Waals surface area contributed by atoms with Crippen molar-refractivity contribution in [3.05, 3.63) is 224 Å². The van der Waals surface area contributed by atoms with Gasteiger partial charge in [0.25, 0.3) is 0 Å². The molecule has 13 rings (SSSR count). The SMILES string of the molecule is N#Cc1ccc(-c2ccc(-c3nc(-c4ccccc4)nc(-c4ccccc4-c4ccccc4-c4cc5ccc6cccc7c8cccc9ccc%10cccc(c(c4)c5c67)c%10c98)n3)cc2)cc1. The van der Waals surface area contributed by atoms with Gasteiger partial charge in [0.2, 0.25) is 0 Å². The summed E-state index contributed by atoms with van der Waals surface area (Å²) in [6.07, 6.45) is 0. The second-order valence-electron chi connectivity index (χ2n) is 17.0. The first-order valence-electron chi connectivity index (χ1n) is 22.2. The molecule has 1 heterocycles. The van der Waals surface area contributed by atoms with Crippen molar-refractivity contribution in [2.45, 2.75) is 0 Å². The van der Waals surface area contributed by atoms with Crippen molar-refractivity contribution in [2.24, 2.45) is 0 Å². The highest BCUT2D eigenvalue weighted by molar-refractivity contribution is 6.37. The fourth-order valence-electron chi connectivity index (χ4n) is 10.2. The minimum atomic E-state index is 0.589. The Hall–Kier alpha value is -9.04. The number of nitriles is 1. The highest BCUT2D eigenvalue weighted by Crippen LogP contribution is 2.46. The summed E-state index contributed by atoms with van der Waals surface area (Å²) in [7, 11) is 0. The highest BCUT2D eigenvalue weighted by Gasteiger charge is 2.20. The van der Waals surface area contributed by atoms with Crippen LogP contribution in [0.1, 0.15) is 5.56 Å². The van der Waals surface area contributed by atoms with Crippen molar-refractivity contribution < 1.29 is 0 Å². The van der Waals surface area contributed by atoms with Gasteiger partial charge in [-0.1, -0.05) is 194 Å². The number of aromatic nitrogens is 3. The van der Waals surface area contributed by atoms with Crippen molar-refractivity contribution in [1.82, 2.24) is 15.0 Å². The van der Waals surface area contributed by atoms with Crippen LogP contribution in [0.3, 0.4) is 0 Å². The third kappa shape index (κ3) is 6.03. The smallest absolute Gasteiger partial charge is 0.164 e. The van der Waals surface area contributed by atoms with E-state index in [1.807, 2.05) is 54.6 Å². The zero-order valence-electron chi connectivity index (χ0n) is 35.6. The van der Waals surface area contributed by atoms with Gasteiger partial charge >= 0.3 is 0 Å². The van der Waals surface area contributed by atoms with Crippen LogP contribution < -0.4 is 0 Å². The maximum Gasteiger partial charge on any atom is 0.164 e. The van der Waals surface area contributed by atoms with Gasteiger partial charge in [0.05, 0.1) is 11.6 Å². The van der Waals surface area contributed by atoms with Crippen LogP contribution in [0, 0.1) is 11.3 Å². The third-order valence-electron chi connectivity index (χ3n) is 13.3. The molecule has 4 heteroatoms. The molecule has 0 unspecified atom stereocenters. The summed E-state index contributed by atoms with van der Waals surface area (Å²) >= 11 is 0. The zero-order chi connectivity index (χ0) is 43.7. The van der Waals surface area contributed by atoms with Crippen molar-refractivity contribution >= 4 is 64.6 Å². The van der Waals surface area contributed by atoms with Crippen LogP contribution in [0.25, 0.3) is 132 Å². The molecule has 0 spiro atoms. The number of benzene rings is 11. The molecule has 1 aromatic heterocycles. The van der Waals surface area contributed by atoms with Crippen molar-refractivity contribution in [3.8, 4) is 73.6 Å². The summed E-state index contributed by atoms with van der Waals surface area (Å²) in [6, 6.07) is 79.6. The van der Waals surface area contributed by atoms with Gasteiger partial charge in [-0.3, -0.25) is 0 Å². The van der Waals surface area contributed by atoms with Crippen molar-refractivity contribution in [3.63, 3.8) is 0 Å². The van der Waals surface area contributed by atoms with Gasteiger partial charge in [-0.25, -0.2) is 15.0 Å². The van der Waals surface area contributed by atoms with Crippen LogP contribution in [-0.4, -0.2) is 15.0 Å². The van der Waals surface area contributed by atoms with E-state index in [2.05, 4.69) is 170 Å². The predicted octanol–water partition coefficient (Wildman–Crippen LogP) is 16.1. The average molecular weight is 837 g/mol. The van der Waals surface area contributed by atoms with E-state index < -0.39 is 0 Å². The molecule has 0 aliphatic rings. The Morgan fingerprint density at radius 3 is 1.27 bits per heavy atom. The van der Waals surface area contributed by atoms with Gasteiger partial charge < -0.3 is 0 Å². The Morgan fingerprint density at radius 2 is 0.697 bits per heavy atom. The third-order valence-corrected chi connectivity index (χ3v) is 13.3. The normalized spacial score (nSPS) is 11.6. The second-order valence-corrected chi connectivity index (χ2v) is 17.0. The fraction of sp³-hybridized carbons (Fsp3) is 0. The second kappa shape index (κ2) is 15.1. The average Bonchev–Trinajstić information content (AvgIpc) is 3.39. The highest BCUT2D eigenvalue weighted by atomic mass is 15.0. The van der Waals surface area contributed by atoms with Gasteiger partial charge in [0, 0.05) is 16.7 Å². The first kappa shape index (κ1) is 37.5. The molecule has 13 aromatic rings. The lowest BCUT2D eigenvalue weighted by molar-refractivity contribution is 1.07. The van der Waals surface area contributed by atoms with Gasteiger partial charge in [-0.2, -0.15) is 5.26 Å². The van der Waals surface area contributed by atoms with E-state index >= 15 is 0 Å². The van der Waals surface area contributed by atoms with Crippen LogP contribution in [-0.2, 0) is 0 Å². The number of rotatable bonds is 6. The zero-order valence-corrected chi connectivity index (χ0v) is 35.6. The number of fused-ring (bicyclic) bond motifs is 2. The van der Waals surface area contributed by atoms with E-state index in [4.69, 9.17) is 15.0 Å². The lowest BCUT2D eigenvalue weighted by Crippen LogP contribution is -2.01. The summed E-state index contributed by atoms with van der Waals surface area (Å²) in [5.74, 6) is 1.79. The molecule has 0 aliphatic heterocycles. The van der Waals surface area contributed by atoms with Crippen LogP contribution in [0.2, 0.25) is 0 Å². The van der Waals surface area contributed by atoms with Gasteiger partial charge in [0.15, 0.2) is 17.5 Å². The molecule has 0 fully saturated rings. The molecular formula is C62H36N4. The molecule has 0 aliphatic carbocycles. The summed E-state index contributed by atoms with van der Waals surface area (Å²) in [5.41, 5.74) is 9.81. The molecule has 12 aromatic carbocycles. The summed E-state index contributed by atoms with van der Waals surface area (Å²) < 4.78 is 0. The molecule has 0 saturated heterocycles. The molecule has 0 bridgehead atoms. The van der Waals surface area contributed by atoms with E-state index in [-0.39, 0.29) is 0 Å². The molecule has 66 heavy (non-hydrogen) atoms. The first-order valence-corrected chi connectivity index (χ1v) is 22.2. The fourth-order valence-corrected chi connectivity index (χ4v) is 10.2. The van der Waals surface area contributed by atoms with Crippen LogP contribution in [0.5, 0.6) is 0 Å². The molecule has 304 valence electrons. The van der Waals surface area contributed by atoms with Crippen molar-refractivity contribution in [2.75, 3.05) is 0 Å². The number of nitrogens with zero attached hydrogens (tertiary/aromatic N) is 4. The molecule has 0 N–H and O–H groups in total. The lowest BCUT2D eigenvalue weighted by Gasteiger charge is -2.18. The van der Waals surface area contributed by atoms with E-state index in [1.165, 1.54) is 64.6 Å². The maximum absolute atomic E-state index is 9.32. The van der Waals surface area contributed by atoms with E-state index in [0.29, 0.717) is 23.0 Å². The Balaban J connectivity index is 1.02. The van der Waals surface area contributed by atoms with Gasteiger partial charge in [0.1, 0.15) is 0 Å². The van der Waals surface area contributed by atoms with Crippen LogP contribution in [0.15, 0.2) is 218 Å². The Kier molecular flexibility index (Phi) is 8.56. The minimum Gasteiger partial charge on any atom is -0.208 e. The molecule has 0 atom stereocenters. The minimum absolute atomic E-state index is 0.589. The standard InChI is InChI=1S/C62H36N4/c63-37-38-23-25-39(26-24-38)40-27-32-45(33-28-40)61-64-60(44-11-2-1-3-12-44)65-62(66-61)54-19-7-6-18-50(54)49-17-5-4-16-48(49)47-35-46-34-31-43-14-9-21-52-51-20-8-13-41-29-30-42-15-10-22-53(58(42)56(41)51)55(36-47)59(46)57(43)52/h1-36H. The topological polar surface area (TPSA) is 62.5 Å². The maximum atomic E-state index is 9.32. The Bertz CT molecular complexity index is 4090. The quantitative estimate of drug-likeness (QED) is 0.157. The molecule has 0 radical (unpaired) electrons. The van der Waals surface area contributed by atoms with Crippen LogP contribution >= 0.6 is 0 Å². The Morgan fingerprint density at radius 1 is 0.273 bits per heavy atom. The van der Waals surface area contributed by atoms with Gasteiger partial charge in [-0.15, -0.1) is 0 Å².